The Kier molecular flexibility index (Phi) is 7.01. The van der Waals surface area contributed by atoms with Crippen molar-refractivity contribution in [2.75, 3.05) is 13.1 Å². The zero-order chi connectivity index (χ0) is 23.4. The molecule has 2 fully saturated rings. The van der Waals surface area contributed by atoms with E-state index in [1.165, 1.54) is 4.90 Å². The summed E-state index contributed by atoms with van der Waals surface area (Å²) < 4.78 is 27.1. The minimum absolute atomic E-state index is 0.182. The zero-order valence-corrected chi connectivity index (χ0v) is 18.2. The van der Waals surface area contributed by atoms with E-state index in [1.807, 2.05) is 30.3 Å². The highest BCUT2D eigenvalue weighted by molar-refractivity contribution is 5.95. The molecule has 174 valence electrons. The number of nitrogens with one attached hydrogen (secondary N) is 2. The van der Waals surface area contributed by atoms with Gasteiger partial charge in [0, 0.05) is 37.5 Å². The monoisotopic (exact) mass is 455 g/mol. The average molecular weight is 456 g/mol. The largest absolute Gasteiger partial charge is 0.352 e. The molecule has 2 aromatic rings. The topological polar surface area (TPSA) is 78.5 Å². The molecule has 2 N–H and O–H groups in total. The van der Waals surface area contributed by atoms with Crippen LogP contribution in [0.5, 0.6) is 0 Å². The van der Waals surface area contributed by atoms with Crippen molar-refractivity contribution in [2.24, 2.45) is 5.92 Å². The zero-order valence-electron chi connectivity index (χ0n) is 18.2. The molecule has 2 aromatic carbocycles. The molecule has 1 saturated heterocycles. The number of halogens is 2. The van der Waals surface area contributed by atoms with E-state index in [0.717, 1.165) is 30.5 Å². The second-order valence-corrected chi connectivity index (χ2v) is 8.72. The lowest BCUT2D eigenvalue weighted by Gasteiger charge is -2.32. The van der Waals surface area contributed by atoms with Crippen molar-refractivity contribution >= 4 is 17.7 Å². The van der Waals surface area contributed by atoms with E-state index >= 15 is 0 Å². The van der Waals surface area contributed by atoms with Gasteiger partial charge in [-0.25, -0.2) is 8.78 Å². The highest BCUT2D eigenvalue weighted by Gasteiger charge is 2.33. The predicted molar refractivity (Wildman–Crippen MR) is 118 cm³/mol. The van der Waals surface area contributed by atoms with E-state index in [4.69, 9.17) is 0 Å². The number of benzene rings is 2. The minimum Gasteiger partial charge on any atom is -0.352 e. The molecule has 0 bridgehead atoms. The van der Waals surface area contributed by atoms with Crippen LogP contribution in [0.25, 0.3) is 0 Å². The Morgan fingerprint density at radius 2 is 1.67 bits per heavy atom. The molecule has 6 nitrogen and oxygen atoms in total. The summed E-state index contributed by atoms with van der Waals surface area (Å²) in [6.45, 7) is 0.566. The van der Waals surface area contributed by atoms with Crippen LogP contribution < -0.4 is 10.6 Å². The molecule has 0 spiro atoms. The third-order valence-corrected chi connectivity index (χ3v) is 6.15. The first kappa shape index (κ1) is 22.9. The normalized spacial score (nSPS) is 17.3. The van der Waals surface area contributed by atoms with Crippen LogP contribution in [0, 0.1) is 17.6 Å². The first-order chi connectivity index (χ1) is 15.9. The Bertz CT molecular complexity index is 1020. The Balaban J connectivity index is 1.35. The van der Waals surface area contributed by atoms with E-state index in [0.29, 0.717) is 25.3 Å². The summed E-state index contributed by atoms with van der Waals surface area (Å²) in [5.74, 6) is -2.91. The summed E-state index contributed by atoms with van der Waals surface area (Å²) in [6.07, 6.45) is 3.12. The van der Waals surface area contributed by atoms with Crippen LogP contribution in [0.1, 0.15) is 41.6 Å². The van der Waals surface area contributed by atoms with Gasteiger partial charge in [-0.05, 0) is 43.4 Å². The van der Waals surface area contributed by atoms with Gasteiger partial charge >= 0.3 is 0 Å². The number of hydrogen-bond acceptors (Lipinski definition) is 3. The summed E-state index contributed by atoms with van der Waals surface area (Å²) >= 11 is 0. The minimum atomic E-state index is -0.898. The summed E-state index contributed by atoms with van der Waals surface area (Å²) in [5, 5.41) is 5.87. The summed E-state index contributed by atoms with van der Waals surface area (Å²) in [4.78, 5) is 39.7. The Hall–Kier alpha value is -3.29. The van der Waals surface area contributed by atoms with Crippen LogP contribution in [-0.2, 0) is 16.0 Å². The molecule has 8 heteroatoms. The van der Waals surface area contributed by atoms with Crippen molar-refractivity contribution in [1.29, 1.82) is 0 Å². The maximum Gasteiger partial charge on any atom is 0.256 e. The van der Waals surface area contributed by atoms with Crippen LogP contribution in [0.3, 0.4) is 0 Å². The van der Waals surface area contributed by atoms with Gasteiger partial charge in [-0.1, -0.05) is 30.3 Å². The van der Waals surface area contributed by atoms with Crippen LogP contribution in [0.15, 0.2) is 48.5 Å². The third kappa shape index (κ3) is 5.94. The van der Waals surface area contributed by atoms with Crippen LogP contribution in [-0.4, -0.2) is 47.8 Å². The molecule has 0 radical (unpaired) electrons. The van der Waals surface area contributed by atoms with Gasteiger partial charge in [-0.15, -0.1) is 0 Å². The SMILES string of the molecule is O=C(NC(Cc1ccccc1)C(=O)NC1CC1)C1CCN(C(=O)c2ccc(F)cc2F)CC1. The molecule has 1 heterocycles. The van der Waals surface area contributed by atoms with Gasteiger partial charge in [-0.2, -0.15) is 0 Å². The van der Waals surface area contributed by atoms with Gasteiger partial charge in [0.25, 0.3) is 5.91 Å². The van der Waals surface area contributed by atoms with Gasteiger partial charge in [0.15, 0.2) is 0 Å². The smallest absolute Gasteiger partial charge is 0.256 e. The molecule has 4 rings (SSSR count). The lowest BCUT2D eigenvalue weighted by atomic mass is 9.94. The third-order valence-electron chi connectivity index (χ3n) is 6.15. The second kappa shape index (κ2) is 10.1. The van der Waals surface area contributed by atoms with Crippen molar-refractivity contribution < 1.29 is 23.2 Å². The molecular weight excluding hydrogens is 428 g/mol. The van der Waals surface area contributed by atoms with Crippen molar-refractivity contribution in [3.05, 3.63) is 71.3 Å². The molecule has 33 heavy (non-hydrogen) atoms. The van der Waals surface area contributed by atoms with Crippen molar-refractivity contribution in [3.63, 3.8) is 0 Å². The van der Waals surface area contributed by atoms with Crippen LogP contribution in [0.2, 0.25) is 0 Å². The quantitative estimate of drug-likeness (QED) is 0.674. The number of carbonyl (C=O) groups is 3. The van der Waals surface area contributed by atoms with E-state index in [2.05, 4.69) is 10.6 Å². The molecule has 3 amide bonds. The Morgan fingerprint density at radius 1 is 0.970 bits per heavy atom. The summed E-state index contributed by atoms with van der Waals surface area (Å²) in [6, 6.07) is 11.9. The fourth-order valence-corrected chi connectivity index (χ4v) is 4.06. The fourth-order valence-electron chi connectivity index (χ4n) is 4.06. The van der Waals surface area contributed by atoms with Gasteiger partial charge in [0.05, 0.1) is 5.56 Å². The first-order valence-electron chi connectivity index (χ1n) is 11.3. The van der Waals surface area contributed by atoms with Crippen LogP contribution >= 0.6 is 0 Å². The Labute approximate surface area is 191 Å². The molecular formula is C25H27F2N3O3. The maximum absolute atomic E-state index is 14.0. The highest BCUT2D eigenvalue weighted by atomic mass is 19.1. The van der Waals surface area contributed by atoms with Crippen molar-refractivity contribution in [2.45, 2.75) is 44.2 Å². The van der Waals surface area contributed by atoms with Gasteiger partial charge in [-0.3, -0.25) is 14.4 Å². The summed E-state index contributed by atoms with van der Waals surface area (Å²) in [7, 11) is 0. The van der Waals surface area contributed by atoms with E-state index in [1.54, 1.807) is 0 Å². The van der Waals surface area contributed by atoms with Gasteiger partial charge in [0.1, 0.15) is 17.7 Å². The Morgan fingerprint density at radius 3 is 2.30 bits per heavy atom. The molecule has 0 aromatic heterocycles. The predicted octanol–water partition coefficient (Wildman–Crippen LogP) is 2.82. The molecule has 1 unspecified atom stereocenters. The number of nitrogens with zero attached hydrogens (tertiary/aromatic N) is 1. The van der Waals surface area contributed by atoms with Crippen molar-refractivity contribution in [3.8, 4) is 0 Å². The average Bonchev–Trinajstić information content (AvgIpc) is 3.63. The van der Waals surface area contributed by atoms with Crippen molar-refractivity contribution in [1.82, 2.24) is 15.5 Å². The van der Waals surface area contributed by atoms with E-state index in [-0.39, 0.29) is 42.4 Å². The number of amides is 3. The van der Waals surface area contributed by atoms with E-state index < -0.39 is 23.6 Å². The molecule has 1 saturated carbocycles. The number of piperidine rings is 1. The number of carbonyl (C=O) groups excluding carboxylic acids is 3. The standard InChI is InChI=1S/C25H27F2N3O3/c26-18-6-9-20(21(27)15-18)25(33)30-12-10-17(11-13-30)23(31)29-22(24(32)28-19-7-8-19)14-16-4-2-1-3-5-16/h1-6,9,15,17,19,22H,7-8,10-14H2,(H,28,32)(H,29,31). The molecule has 1 aliphatic heterocycles. The van der Waals surface area contributed by atoms with Crippen LogP contribution in [0.4, 0.5) is 8.78 Å². The highest BCUT2D eigenvalue weighted by Crippen LogP contribution is 2.22. The fraction of sp³-hybridized carbons (Fsp3) is 0.400. The van der Waals surface area contributed by atoms with E-state index in [9.17, 15) is 23.2 Å². The lowest BCUT2D eigenvalue weighted by Crippen LogP contribution is -2.51. The number of hydrogen-bond donors (Lipinski definition) is 2. The number of likely N-dealkylation sites (tertiary alicyclic amines) is 1. The molecule has 2 aliphatic rings. The maximum atomic E-state index is 14.0. The first-order valence-corrected chi connectivity index (χ1v) is 11.3. The van der Waals surface area contributed by atoms with Gasteiger partial charge in [0.2, 0.25) is 11.8 Å². The number of rotatable bonds is 7. The molecule has 1 aliphatic carbocycles. The summed E-state index contributed by atoms with van der Waals surface area (Å²) in [5.41, 5.74) is 0.773. The second-order valence-electron chi connectivity index (χ2n) is 8.72. The van der Waals surface area contributed by atoms with Gasteiger partial charge < -0.3 is 15.5 Å². The molecule has 1 atom stereocenters. The lowest BCUT2D eigenvalue weighted by molar-refractivity contribution is -0.132.